The summed E-state index contributed by atoms with van der Waals surface area (Å²) in [7, 11) is 3.60. The first-order valence-corrected chi connectivity index (χ1v) is 7.21. The Labute approximate surface area is 138 Å². The number of carbonyl (C=O) groups is 1. The van der Waals surface area contributed by atoms with E-state index in [1.807, 2.05) is 18.2 Å². The zero-order valence-electron chi connectivity index (χ0n) is 13.0. The number of ether oxygens (including phenoxy) is 1. The van der Waals surface area contributed by atoms with Crippen LogP contribution in [0.5, 0.6) is 0 Å². The van der Waals surface area contributed by atoms with Gasteiger partial charge in [0.1, 0.15) is 6.54 Å². The summed E-state index contributed by atoms with van der Waals surface area (Å²) in [5.41, 5.74) is 3.14. The summed E-state index contributed by atoms with van der Waals surface area (Å²) >= 11 is 0. The molecule has 1 atom stereocenters. The van der Waals surface area contributed by atoms with E-state index >= 15 is 0 Å². The topological polar surface area (TPSA) is 30.7 Å². The van der Waals surface area contributed by atoms with Gasteiger partial charge in [0.15, 0.2) is 0 Å². The van der Waals surface area contributed by atoms with E-state index in [1.165, 1.54) is 23.1 Å². The molecule has 118 valence electrons. The number of rotatable bonds is 6. The number of methoxy groups -OCH3 is 1. The third-order valence-corrected chi connectivity index (χ3v) is 3.54. The Morgan fingerprint density at radius 2 is 1.73 bits per heavy atom. The highest BCUT2D eigenvalue weighted by molar-refractivity contribution is 5.89. The van der Waals surface area contributed by atoms with Gasteiger partial charge in [0.2, 0.25) is 0 Å². The van der Waals surface area contributed by atoms with Crippen LogP contribution in [0.2, 0.25) is 0 Å². The fourth-order valence-corrected chi connectivity index (χ4v) is 2.36. The van der Waals surface area contributed by atoms with E-state index in [9.17, 15) is 4.79 Å². The average Bonchev–Trinajstić information content (AvgIpc) is 2.53. The zero-order valence-corrected chi connectivity index (χ0v) is 13.8. The summed E-state index contributed by atoms with van der Waals surface area (Å²) in [5, 5.41) is 0. The summed E-state index contributed by atoms with van der Waals surface area (Å²) in [6, 6.07) is 18.2. The highest BCUT2D eigenvalue weighted by Gasteiger charge is 2.08. The highest BCUT2D eigenvalue weighted by Crippen LogP contribution is 2.06. The van der Waals surface area contributed by atoms with Crippen LogP contribution in [0.4, 0.5) is 0 Å². The van der Waals surface area contributed by atoms with Gasteiger partial charge < -0.3 is 22.0 Å². The predicted molar refractivity (Wildman–Crippen MR) is 83.4 cm³/mol. The summed E-state index contributed by atoms with van der Waals surface area (Å²) in [4.78, 5) is 13.0. The predicted octanol–water partition coefficient (Wildman–Crippen LogP) is -1.27. The van der Waals surface area contributed by atoms with Crippen molar-refractivity contribution in [2.45, 2.75) is 13.0 Å². The molecule has 1 unspecified atom stereocenters. The Morgan fingerprint density at radius 1 is 1.05 bits per heavy atom. The van der Waals surface area contributed by atoms with Crippen molar-refractivity contribution in [2.24, 2.45) is 0 Å². The maximum Gasteiger partial charge on any atom is 0.337 e. The minimum Gasteiger partial charge on any atom is -1.00 e. The molecule has 0 saturated carbocycles. The highest BCUT2D eigenvalue weighted by atomic mass is 35.5. The number of hydrogen-bond donors (Lipinski definition) is 1. The van der Waals surface area contributed by atoms with Crippen LogP contribution in [-0.4, -0.2) is 26.7 Å². The van der Waals surface area contributed by atoms with Gasteiger partial charge in [0.05, 0.1) is 26.3 Å². The van der Waals surface area contributed by atoms with Gasteiger partial charge in [-0.15, -0.1) is 0 Å². The first-order chi connectivity index (χ1) is 10.2. The lowest BCUT2D eigenvalue weighted by atomic mass is 10.1. The lowest BCUT2D eigenvalue weighted by Crippen LogP contribution is -3.07. The van der Waals surface area contributed by atoms with Gasteiger partial charge in [-0.25, -0.2) is 4.79 Å². The molecule has 0 aliphatic rings. The molecular formula is C18H22ClNO2. The largest absolute Gasteiger partial charge is 1.00 e. The number of quaternary nitrogens is 1. The van der Waals surface area contributed by atoms with Crippen LogP contribution < -0.4 is 17.3 Å². The van der Waals surface area contributed by atoms with Crippen LogP contribution in [0.25, 0.3) is 0 Å². The summed E-state index contributed by atoms with van der Waals surface area (Å²) in [6.07, 6.45) is 0.948. The zero-order chi connectivity index (χ0) is 15.1. The number of esters is 1. The molecule has 0 radical (unpaired) electrons. The molecule has 1 N–H and O–H groups in total. The molecule has 0 heterocycles. The first-order valence-electron chi connectivity index (χ1n) is 7.21. The van der Waals surface area contributed by atoms with Crippen LogP contribution in [0.15, 0.2) is 54.6 Å². The van der Waals surface area contributed by atoms with E-state index in [0.29, 0.717) is 5.56 Å². The normalized spacial score (nSPS) is 11.4. The maximum absolute atomic E-state index is 11.5. The summed E-state index contributed by atoms with van der Waals surface area (Å²) < 4.78 is 4.75. The fraction of sp³-hybridized carbons (Fsp3) is 0.278. The van der Waals surface area contributed by atoms with Crippen LogP contribution in [0, 0.1) is 0 Å². The molecule has 0 aliphatic carbocycles. The van der Waals surface area contributed by atoms with Crippen LogP contribution in [-0.2, 0) is 17.7 Å². The molecule has 0 aromatic heterocycles. The SMILES string of the molecule is COC(=O)c1cccc(CC[NH+](C)Cc2ccccc2)c1.[Cl-]. The van der Waals surface area contributed by atoms with E-state index in [2.05, 4.69) is 37.4 Å². The molecule has 4 heteroatoms. The molecule has 22 heavy (non-hydrogen) atoms. The Morgan fingerprint density at radius 3 is 2.41 bits per heavy atom. The molecule has 0 fully saturated rings. The molecule has 2 aromatic carbocycles. The average molecular weight is 320 g/mol. The van der Waals surface area contributed by atoms with E-state index in [1.54, 1.807) is 6.07 Å². The van der Waals surface area contributed by atoms with E-state index < -0.39 is 0 Å². The lowest BCUT2D eigenvalue weighted by molar-refractivity contribution is -0.893. The number of nitrogens with one attached hydrogen (secondary N) is 1. The van der Waals surface area contributed by atoms with Gasteiger partial charge in [-0.2, -0.15) is 0 Å². The van der Waals surface area contributed by atoms with E-state index in [4.69, 9.17) is 4.74 Å². The number of benzene rings is 2. The van der Waals surface area contributed by atoms with Crippen molar-refractivity contribution in [1.29, 1.82) is 0 Å². The van der Waals surface area contributed by atoms with Crippen molar-refractivity contribution < 1.29 is 26.8 Å². The molecular weight excluding hydrogens is 298 g/mol. The van der Waals surface area contributed by atoms with Crippen LogP contribution in [0.1, 0.15) is 21.5 Å². The summed E-state index contributed by atoms with van der Waals surface area (Å²) in [6.45, 7) is 2.04. The molecule has 0 aliphatic heterocycles. The lowest BCUT2D eigenvalue weighted by Gasteiger charge is -2.14. The summed E-state index contributed by atoms with van der Waals surface area (Å²) in [5.74, 6) is -0.276. The van der Waals surface area contributed by atoms with Crippen molar-refractivity contribution in [2.75, 3.05) is 20.7 Å². The molecule has 2 aromatic rings. The third kappa shape index (κ3) is 5.51. The Hall–Kier alpha value is -1.84. The van der Waals surface area contributed by atoms with Gasteiger partial charge in [0.25, 0.3) is 0 Å². The van der Waals surface area contributed by atoms with Gasteiger partial charge in [-0.3, -0.25) is 0 Å². The van der Waals surface area contributed by atoms with Crippen LogP contribution >= 0.6 is 0 Å². The quantitative estimate of drug-likeness (QED) is 0.674. The van der Waals surface area contributed by atoms with Crippen LogP contribution in [0.3, 0.4) is 0 Å². The third-order valence-electron chi connectivity index (χ3n) is 3.54. The van der Waals surface area contributed by atoms with Crippen molar-refractivity contribution in [3.8, 4) is 0 Å². The van der Waals surface area contributed by atoms with Gasteiger partial charge >= 0.3 is 5.97 Å². The van der Waals surface area contributed by atoms with Gasteiger partial charge in [0, 0.05) is 12.0 Å². The molecule has 3 nitrogen and oxygen atoms in total. The molecule has 0 amide bonds. The number of halogens is 1. The minimum atomic E-state index is -0.276. The second-order valence-electron chi connectivity index (χ2n) is 5.31. The number of carbonyl (C=O) groups excluding carboxylic acids is 1. The maximum atomic E-state index is 11.5. The second kappa shape index (κ2) is 9.23. The number of likely N-dealkylation sites (N-methyl/N-ethyl adjacent to an activating group) is 1. The smallest absolute Gasteiger partial charge is 0.337 e. The molecule has 0 spiro atoms. The van der Waals surface area contributed by atoms with E-state index in [0.717, 1.165) is 19.5 Å². The van der Waals surface area contributed by atoms with E-state index in [-0.39, 0.29) is 18.4 Å². The Balaban J connectivity index is 0.00000242. The van der Waals surface area contributed by atoms with Gasteiger partial charge in [-0.1, -0.05) is 42.5 Å². The molecule has 2 rings (SSSR count). The Bertz CT molecular complexity index is 587. The second-order valence-corrected chi connectivity index (χ2v) is 5.31. The van der Waals surface area contributed by atoms with Gasteiger partial charge in [-0.05, 0) is 17.7 Å². The standard InChI is InChI=1S/C18H21NO2.ClH/c1-19(14-16-7-4-3-5-8-16)12-11-15-9-6-10-17(13-15)18(20)21-2;/h3-10,13H,11-12,14H2,1-2H3;1H. The molecule has 0 bridgehead atoms. The minimum absolute atomic E-state index is 0. The van der Waals surface area contributed by atoms with Crippen molar-refractivity contribution >= 4 is 5.97 Å². The van der Waals surface area contributed by atoms with Crippen molar-refractivity contribution in [3.05, 3.63) is 71.3 Å². The monoisotopic (exact) mass is 319 g/mol. The van der Waals surface area contributed by atoms with Crippen molar-refractivity contribution in [3.63, 3.8) is 0 Å². The van der Waals surface area contributed by atoms with Crippen molar-refractivity contribution in [1.82, 2.24) is 0 Å². The first kappa shape index (κ1) is 18.2. The Kier molecular flexibility index (Phi) is 7.64. The number of hydrogen-bond acceptors (Lipinski definition) is 2. The fourth-order valence-electron chi connectivity index (χ4n) is 2.36. The molecule has 0 saturated heterocycles.